The van der Waals surface area contributed by atoms with Crippen molar-refractivity contribution in [2.45, 2.75) is 44.8 Å². The van der Waals surface area contributed by atoms with Crippen LogP contribution in [0.2, 0.25) is 18.6 Å². The average Bonchev–Trinajstić information content (AvgIpc) is 2.60. The van der Waals surface area contributed by atoms with Gasteiger partial charge in [-0.05, 0) is 49.2 Å². The number of hydrogen-bond acceptors (Lipinski definition) is 0. The van der Waals surface area contributed by atoms with Crippen LogP contribution in [0.25, 0.3) is 0 Å². The summed E-state index contributed by atoms with van der Waals surface area (Å²) in [6.07, 6.45) is 8.57. The van der Waals surface area contributed by atoms with Gasteiger partial charge < -0.3 is 0 Å². The molecule has 73 valence electrons. The zero-order chi connectivity index (χ0) is 9.69. The molecular formula is C11H19OSi. The van der Waals surface area contributed by atoms with Crippen molar-refractivity contribution in [2.24, 2.45) is 11.3 Å². The van der Waals surface area contributed by atoms with Gasteiger partial charge >= 0.3 is 0 Å². The molecule has 0 aromatic rings. The van der Waals surface area contributed by atoms with Gasteiger partial charge in [-0.1, -0.05) is 19.1 Å². The molecular weight excluding hydrogens is 176 g/mol. The monoisotopic (exact) mass is 195 g/mol. The van der Waals surface area contributed by atoms with Crippen LogP contribution >= 0.6 is 0 Å². The van der Waals surface area contributed by atoms with E-state index in [-0.39, 0.29) is 0 Å². The van der Waals surface area contributed by atoms with Crippen molar-refractivity contribution in [1.82, 2.24) is 0 Å². The SMILES string of the molecule is CC(C12C=CC(CC1)C2)[Si](C)(C)[O]. The molecule has 2 rings (SSSR count). The number of fused-ring (bicyclic) bond motifs is 2. The van der Waals surface area contributed by atoms with Crippen LogP contribution in [-0.4, -0.2) is 8.32 Å². The van der Waals surface area contributed by atoms with Crippen LogP contribution in [0.5, 0.6) is 0 Å². The Balaban J connectivity index is 2.21. The van der Waals surface area contributed by atoms with E-state index in [1.54, 1.807) is 0 Å². The molecule has 0 saturated heterocycles. The van der Waals surface area contributed by atoms with Gasteiger partial charge in [0.25, 0.3) is 0 Å². The molecule has 1 saturated carbocycles. The van der Waals surface area contributed by atoms with E-state index in [0.717, 1.165) is 5.92 Å². The first-order chi connectivity index (χ1) is 5.94. The molecule has 0 aliphatic heterocycles. The Bertz CT molecular complexity index is 241. The molecule has 3 atom stereocenters. The molecule has 0 aromatic carbocycles. The second-order valence-corrected chi connectivity index (χ2v) is 9.49. The van der Waals surface area contributed by atoms with Gasteiger partial charge in [0.2, 0.25) is 8.32 Å². The maximum atomic E-state index is 12.1. The molecule has 0 heterocycles. The first kappa shape index (κ1) is 9.47. The smallest absolute Gasteiger partial charge is 0.235 e. The predicted molar refractivity (Wildman–Crippen MR) is 56.5 cm³/mol. The summed E-state index contributed by atoms with van der Waals surface area (Å²) in [6.45, 7) is 6.12. The molecule has 0 aromatic heterocycles. The van der Waals surface area contributed by atoms with Gasteiger partial charge in [-0.15, -0.1) is 0 Å². The molecule has 2 heteroatoms. The van der Waals surface area contributed by atoms with E-state index in [1.807, 2.05) is 13.1 Å². The number of allylic oxidation sites excluding steroid dienone is 2. The van der Waals surface area contributed by atoms with Crippen LogP contribution in [0.3, 0.4) is 0 Å². The predicted octanol–water partition coefficient (Wildman–Crippen LogP) is 3.37. The van der Waals surface area contributed by atoms with E-state index in [0.29, 0.717) is 11.0 Å². The van der Waals surface area contributed by atoms with Crippen LogP contribution in [0.4, 0.5) is 0 Å². The highest BCUT2D eigenvalue weighted by molar-refractivity contribution is 6.71. The van der Waals surface area contributed by atoms with Crippen LogP contribution in [0.1, 0.15) is 26.2 Å². The average molecular weight is 195 g/mol. The molecule has 0 spiro atoms. The molecule has 13 heavy (non-hydrogen) atoms. The number of hydrogen-bond donors (Lipinski definition) is 0. The van der Waals surface area contributed by atoms with Gasteiger partial charge in [-0.2, -0.15) is 0 Å². The van der Waals surface area contributed by atoms with E-state index in [1.165, 1.54) is 19.3 Å². The third-order valence-electron chi connectivity index (χ3n) is 4.23. The van der Waals surface area contributed by atoms with Gasteiger partial charge in [0.15, 0.2) is 0 Å². The van der Waals surface area contributed by atoms with Gasteiger partial charge in [-0.3, -0.25) is 4.80 Å². The fraction of sp³-hybridized carbons (Fsp3) is 0.818. The van der Waals surface area contributed by atoms with Gasteiger partial charge in [-0.25, -0.2) is 0 Å². The molecule has 2 aliphatic rings. The Kier molecular flexibility index (Phi) is 1.97. The molecule has 2 bridgehead atoms. The summed E-state index contributed by atoms with van der Waals surface area (Å²) in [5, 5.41) is 0. The molecule has 1 radical (unpaired) electrons. The van der Waals surface area contributed by atoms with E-state index in [4.69, 9.17) is 0 Å². The zero-order valence-electron chi connectivity index (χ0n) is 8.84. The maximum Gasteiger partial charge on any atom is 0.235 e. The van der Waals surface area contributed by atoms with Crippen molar-refractivity contribution < 1.29 is 4.80 Å². The van der Waals surface area contributed by atoms with E-state index in [2.05, 4.69) is 19.1 Å². The van der Waals surface area contributed by atoms with Crippen molar-refractivity contribution in [3.05, 3.63) is 12.2 Å². The third-order valence-corrected chi connectivity index (χ3v) is 6.89. The summed E-state index contributed by atoms with van der Waals surface area (Å²) in [5.74, 6) is 0.804. The lowest BCUT2D eigenvalue weighted by Gasteiger charge is -2.36. The minimum absolute atomic E-state index is 0.322. The Morgan fingerprint density at radius 1 is 1.54 bits per heavy atom. The number of rotatable bonds is 2. The lowest BCUT2D eigenvalue weighted by atomic mass is 9.84. The summed E-state index contributed by atoms with van der Waals surface area (Å²) in [6, 6.07) is 0. The Labute approximate surface area is 82.0 Å². The summed E-state index contributed by atoms with van der Waals surface area (Å²) in [4.78, 5) is 12.1. The van der Waals surface area contributed by atoms with Crippen molar-refractivity contribution in [1.29, 1.82) is 0 Å². The van der Waals surface area contributed by atoms with E-state index in [9.17, 15) is 4.80 Å². The summed E-state index contributed by atoms with van der Waals surface area (Å²) < 4.78 is 0. The van der Waals surface area contributed by atoms with Crippen LogP contribution in [-0.2, 0) is 4.80 Å². The quantitative estimate of drug-likeness (QED) is 0.475. The molecule has 0 amide bonds. The maximum absolute atomic E-state index is 12.1. The first-order valence-corrected chi connectivity index (χ1v) is 8.32. The van der Waals surface area contributed by atoms with Crippen molar-refractivity contribution >= 4 is 8.32 Å². The lowest BCUT2D eigenvalue weighted by Crippen LogP contribution is -2.38. The van der Waals surface area contributed by atoms with Crippen molar-refractivity contribution in [3.63, 3.8) is 0 Å². The minimum Gasteiger partial charge on any atom is -0.298 e. The lowest BCUT2D eigenvalue weighted by molar-refractivity contribution is 0.322. The zero-order valence-corrected chi connectivity index (χ0v) is 9.84. The molecule has 1 nitrogen and oxygen atoms in total. The fourth-order valence-electron chi connectivity index (χ4n) is 3.02. The third kappa shape index (κ3) is 1.40. The highest BCUT2D eigenvalue weighted by atomic mass is 28.4. The minimum atomic E-state index is -2.19. The second kappa shape index (κ2) is 2.70. The van der Waals surface area contributed by atoms with Crippen LogP contribution in [0.15, 0.2) is 12.2 Å². The summed E-state index contributed by atoms with van der Waals surface area (Å²) in [7, 11) is -2.19. The van der Waals surface area contributed by atoms with Crippen LogP contribution < -0.4 is 0 Å². The Hall–Kier alpha value is -0.0831. The van der Waals surface area contributed by atoms with E-state index >= 15 is 0 Å². The highest BCUT2D eigenvalue weighted by Crippen LogP contribution is 2.57. The van der Waals surface area contributed by atoms with Crippen molar-refractivity contribution in [3.8, 4) is 0 Å². The topological polar surface area (TPSA) is 19.9 Å². The molecule has 1 fully saturated rings. The highest BCUT2D eigenvalue weighted by Gasteiger charge is 2.50. The van der Waals surface area contributed by atoms with Crippen LogP contribution in [0, 0.1) is 11.3 Å². The fourth-order valence-corrected chi connectivity index (χ4v) is 4.76. The first-order valence-electron chi connectivity index (χ1n) is 5.34. The van der Waals surface area contributed by atoms with Gasteiger partial charge in [0.05, 0.1) is 0 Å². The standard InChI is InChI=1S/C11H19OSi/c1-9(13(2,3)12)11-6-4-10(8-11)5-7-11/h4,6,9-10H,5,7-8H2,1-3H3. The van der Waals surface area contributed by atoms with Gasteiger partial charge in [0, 0.05) is 0 Å². The van der Waals surface area contributed by atoms with E-state index < -0.39 is 8.32 Å². The largest absolute Gasteiger partial charge is 0.298 e. The molecule has 0 N–H and O–H groups in total. The Morgan fingerprint density at radius 2 is 2.23 bits per heavy atom. The molecule has 2 aliphatic carbocycles. The Morgan fingerprint density at radius 3 is 2.54 bits per heavy atom. The second-order valence-electron chi connectivity index (χ2n) is 5.42. The van der Waals surface area contributed by atoms with Crippen molar-refractivity contribution in [2.75, 3.05) is 0 Å². The summed E-state index contributed by atoms with van der Waals surface area (Å²) >= 11 is 0. The normalized spacial score (nSPS) is 39.8. The summed E-state index contributed by atoms with van der Waals surface area (Å²) in [5.41, 5.74) is 0.728. The molecule has 3 unspecified atom stereocenters. The van der Waals surface area contributed by atoms with Gasteiger partial charge in [0.1, 0.15) is 0 Å².